The zero-order chi connectivity index (χ0) is 12.7. The van der Waals surface area contributed by atoms with E-state index in [9.17, 15) is 4.79 Å². The highest BCUT2D eigenvalue weighted by Crippen LogP contribution is 2.04. The number of rotatable bonds is 5. The van der Waals surface area contributed by atoms with Crippen molar-refractivity contribution < 1.29 is 4.79 Å². The summed E-state index contributed by atoms with van der Waals surface area (Å²) < 4.78 is 0. The third-order valence-corrected chi connectivity index (χ3v) is 2.18. The van der Waals surface area contributed by atoms with Gasteiger partial charge in [-0.15, -0.1) is 0 Å². The maximum Gasteiger partial charge on any atom is 0.274 e. The van der Waals surface area contributed by atoms with Crippen LogP contribution in [0.15, 0.2) is 12.4 Å². The van der Waals surface area contributed by atoms with E-state index in [1.165, 1.54) is 12.4 Å². The van der Waals surface area contributed by atoms with Crippen molar-refractivity contribution in [3.05, 3.63) is 18.1 Å². The molecule has 0 spiro atoms. The molecule has 0 saturated carbocycles. The van der Waals surface area contributed by atoms with Crippen LogP contribution in [-0.4, -0.2) is 33.9 Å². The third kappa shape index (κ3) is 3.39. The molecule has 1 amide bonds. The van der Waals surface area contributed by atoms with Crippen LogP contribution in [0, 0.1) is 11.3 Å². The minimum absolute atomic E-state index is 0.237. The third-order valence-electron chi connectivity index (χ3n) is 2.18. The van der Waals surface area contributed by atoms with Crippen LogP contribution in [0.4, 0.5) is 5.82 Å². The number of hydrazine groups is 1. The first-order valence-corrected chi connectivity index (χ1v) is 5.17. The van der Waals surface area contributed by atoms with Crippen molar-refractivity contribution in [2.75, 3.05) is 18.5 Å². The first-order valence-electron chi connectivity index (χ1n) is 5.17. The number of carbonyl (C=O) groups excluding carboxylic acids is 1. The predicted octanol–water partition coefficient (Wildman–Crippen LogP) is 0.138. The molecular weight excluding hydrogens is 220 g/mol. The molecule has 1 aromatic rings. The number of nitrogen functional groups attached to an aromatic ring is 1. The van der Waals surface area contributed by atoms with Crippen LogP contribution >= 0.6 is 0 Å². The fourth-order valence-corrected chi connectivity index (χ4v) is 1.26. The summed E-state index contributed by atoms with van der Waals surface area (Å²) in [5, 5.41) is 8.49. The molecule has 0 fully saturated rings. The molecule has 1 rings (SSSR count). The Labute approximate surface area is 99.2 Å². The summed E-state index contributed by atoms with van der Waals surface area (Å²) in [6, 6.07) is 2.00. The van der Waals surface area contributed by atoms with Crippen LogP contribution in [0.2, 0.25) is 0 Å². The highest BCUT2D eigenvalue weighted by molar-refractivity contribution is 5.92. The highest BCUT2D eigenvalue weighted by atomic mass is 16.2. The summed E-state index contributed by atoms with van der Waals surface area (Å²) in [5.41, 5.74) is 2.57. The zero-order valence-electron chi connectivity index (χ0n) is 9.55. The van der Waals surface area contributed by atoms with E-state index in [0.717, 1.165) is 0 Å². The smallest absolute Gasteiger partial charge is 0.274 e. The number of hydrogen-bond donors (Lipinski definition) is 2. The Morgan fingerprint density at radius 1 is 1.59 bits per heavy atom. The van der Waals surface area contributed by atoms with E-state index in [2.05, 4.69) is 15.4 Å². The van der Waals surface area contributed by atoms with Crippen molar-refractivity contribution in [2.24, 2.45) is 5.84 Å². The quantitative estimate of drug-likeness (QED) is 0.554. The molecule has 7 heteroatoms. The van der Waals surface area contributed by atoms with E-state index in [-0.39, 0.29) is 11.6 Å². The maximum absolute atomic E-state index is 11.9. The molecule has 7 nitrogen and oxygen atoms in total. The Balaban J connectivity index is 2.75. The average Bonchev–Trinajstić information content (AvgIpc) is 2.39. The van der Waals surface area contributed by atoms with Crippen molar-refractivity contribution in [3.8, 4) is 6.07 Å². The van der Waals surface area contributed by atoms with Crippen LogP contribution in [0.3, 0.4) is 0 Å². The molecule has 0 aliphatic heterocycles. The van der Waals surface area contributed by atoms with Gasteiger partial charge < -0.3 is 10.3 Å². The standard InChI is InChI=1S/C10H14N6O/c1-2-16(5-3-4-11)10(17)8-6-14-9(15-12)7-13-8/h6-7H,2-3,5,12H2,1H3,(H,14,15). The summed E-state index contributed by atoms with van der Waals surface area (Å²) in [7, 11) is 0. The van der Waals surface area contributed by atoms with Gasteiger partial charge in [0.2, 0.25) is 0 Å². The fourth-order valence-electron chi connectivity index (χ4n) is 1.26. The number of anilines is 1. The van der Waals surface area contributed by atoms with Gasteiger partial charge in [0.1, 0.15) is 5.69 Å². The van der Waals surface area contributed by atoms with Gasteiger partial charge >= 0.3 is 0 Å². The zero-order valence-corrected chi connectivity index (χ0v) is 9.55. The summed E-state index contributed by atoms with van der Waals surface area (Å²) >= 11 is 0. The molecule has 3 N–H and O–H groups in total. The second-order valence-electron chi connectivity index (χ2n) is 3.22. The number of carbonyl (C=O) groups is 1. The number of aromatic nitrogens is 2. The number of nitrogens with one attached hydrogen (secondary N) is 1. The Hall–Kier alpha value is -2.20. The van der Waals surface area contributed by atoms with E-state index >= 15 is 0 Å². The molecule has 0 aromatic carbocycles. The molecule has 0 atom stereocenters. The normalized spacial score (nSPS) is 9.47. The molecule has 0 aliphatic rings. The molecule has 0 unspecified atom stereocenters. The molecule has 1 aromatic heterocycles. The van der Waals surface area contributed by atoms with Gasteiger partial charge in [0.05, 0.1) is 24.9 Å². The van der Waals surface area contributed by atoms with E-state index in [4.69, 9.17) is 11.1 Å². The molecule has 0 aliphatic carbocycles. The van der Waals surface area contributed by atoms with Gasteiger partial charge in [0.15, 0.2) is 5.82 Å². The van der Waals surface area contributed by atoms with Crippen LogP contribution in [0.25, 0.3) is 0 Å². The van der Waals surface area contributed by atoms with Gasteiger partial charge in [0, 0.05) is 13.1 Å². The summed E-state index contributed by atoms with van der Waals surface area (Å²) in [5.74, 6) is 5.30. The highest BCUT2D eigenvalue weighted by Gasteiger charge is 2.15. The number of nitrogens with zero attached hydrogens (tertiary/aromatic N) is 4. The van der Waals surface area contributed by atoms with Crippen molar-refractivity contribution in [3.63, 3.8) is 0 Å². The maximum atomic E-state index is 11.9. The van der Waals surface area contributed by atoms with Gasteiger partial charge in [0.25, 0.3) is 5.91 Å². The van der Waals surface area contributed by atoms with Crippen molar-refractivity contribution in [1.82, 2.24) is 14.9 Å². The Morgan fingerprint density at radius 2 is 2.35 bits per heavy atom. The monoisotopic (exact) mass is 234 g/mol. The van der Waals surface area contributed by atoms with Gasteiger partial charge in [-0.3, -0.25) is 4.79 Å². The Bertz CT molecular complexity index is 410. The van der Waals surface area contributed by atoms with Crippen molar-refractivity contribution in [2.45, 2.75) is 13.3 Å². The molecule has 1 heterocycles. The summed E-state index contributed by atoms with van der Waals surface area (Å²) in [4.78, 5) is 21.3. The minimum atomic E-state index is -0.237. The molecule has 17 heavy (non-hydrogen) atoms. The summed E-state index contributed by atoms with van der Waals surface area (Å²) in [6.07, 6.45) is 3.04. The minimum Gasteiger partial charge on any atom is -0.337 e. The Kier molecular flexibility index (Phi) is 4.84. The number of nitriles is 1. The predicted molar refractivity (Wildman–Crippen MR) is 61.6 cm³/mol. The molecule has 0 radical (unpaired) electrons. The van der Waals surface area contributed by atoms with Gasteiger partial charge in [-0.1, -0.05) is 0 Å². The summed E-state index contributed by atoms with van der Waals surface area (Å²) in [6.45, 7) is 2.77. The lowest BCUT2D eigenvalue weighted by Gasteiger charge is -2.18. The lowest BCUT2D eigenvalue weighted by atomic mass is 10.3. The molecular formula is C10H14N6O. The van der Waals surface area contributed by atoms with Crippen LogP contribution in [0.5, 0.6) is 0 Å². The Morgan fingerprint density at radius 3 is 2.82 bits per heavy atom. The van der Waals surface area contributed by atoms with E-state index in [1.54, 1.807) is 4.90 Å². The first-order chi connectivity index (χ1) is 8.22. The number of hydrogen-bond acceptors (Lipinski definition) is 6. The van der Waals surface area contributed by atoms with Gasteiger partial charge in [-0.2, -0.15) is 5.26 Å². The number of amides is 1. The lowest BCUT2D eigenvalue weighted by molar-refractivity contribution is 0.0761. The largest absolute Gasteiger partial charge is 0.337 e. The lowest BCUT2D eigenvalue weighted by Crippen LogP contribution is -2.32. The van der Waals surface area contributed by atoms with Crippen LogP contribution in [0.1, 0.15) is 23.8 Å². The second kappa shape index (κ2) is 6.40. The molecule has 90 valence electrons. The fraction of sp³-hybridized carbons (Fsp3) is 0.400. The molecule has 0 saturated heterocycles. The molecule has 0 bridgehead atoms. The average molecular weight is 234 g/mol. The van der Waals surface area contributed by atoms with E-state index in [1.807, 2.05) is 13.0 Å². The SMILES string of the molecule is CCN(CCC#N)C(=O)c1cnc(NN)cn1. The van der Waals surface area contributed by atoms with Gasteiger partial charge in [-0.25, -0.2) is 15.8 Å². The van der Waals surface area contributed by atoms with E-state index < -0.39 is 0 Å². The van der Waals surface area contributed by atoms with Crippen molar-refractivity contribution in [1.29, 1.82) is 5.26 Å². The van der Waals surface area contributed by atoms with Crippen LogP contribution in [-0.2, 0) is 0 Å². The van der Waals surface area contributed by atoms with Crippen LogP contribution < -0.4 is 11.3 Å². The number of nitrogens with two attached hydrogens (primary N) is 1. The second-order valence-corrected chi connectivity index (χ2v) is 3.22. The topological polar surface area (TPSA) is 108 Å². The van der Waals surface area contributed by atoms with Crippen molar-refractivity contribution >= 4 is 11.7 Å². The van der Waals surface area contributed by atoms with E-state index in [0.29, 0.717) is 25.3 Å². The first kappa shape index (κ1) is 12.9. The van der Waals surface area contributed by atoms with Gasteiger partial charge in [-0.05, 0) is 6.92 Å².